The number of piperidine rings is 1. The van der Waals surface area contributed by atoms with Gasteiger partial charge >= 0.3 is 0 Å². The summed E-state index contributed by atoms with van der Waals surface area (Å²) in [6.07, 6.45) is 7.09. The third kappa shape index (κ3) is 4.73. The first-order chi connectivity index (χ1) is 14.2. The van der Waals surface area contributed by atoms with Gasteiger partial charge in [0.15, 0.2) is 5.69 Å². The van der Waals surface area contributed by atoms with Crippen molar-refractivity contribution in [3.8, 4) is 0 Å². The lowest BCUT2D eigenvalue weighted by atomic mass is 9.95. The van der Waals surface area contributed by atoms with Crippen LogP contribution >= 0.6 is 0 Å². The van der Waals surface area contributed by atoms with Crippen LogP contribution in [0.5, 0.6) is 0 Å². The highest BCUT2D eigenvalue weighted by Gasteiger charge is 2.28. The molecule has 29 heavy (non-hydrogen) atoms. The minimum atomic E-state index is 0.0128. The molecular formula is C24H28N4O. The molecule has 0 N–H and O–H groups in total. The van der Waals surface area contributed by atoms with Gasteiger partial charge in [-0.2, -0.15) is 0 Å². The molecule has 1 aromatic heterocycles. The topological polar surface area (TPSA) is 51.0 Å². The highest BCUT2D eigenvalue weighted by atomic mass is 16.2. The molecule has 0 unspecified atom stereocenters. The molecule has 3 aromatic rings. The number of benzene rings is 2. The van der Waals surface area contributed by atoms with Crippen LogP contribution in [0, 0.1) is 6.92 Å². The molecule has 1 aliphatic rings. The van der Waals surface area contributed by atoms with Gasteiger partial charge in [0.1, 0.15) is 0 Å². The lowest BCUT2D eigenvalue weighted by Crippen LogP contribution is -2.44. The number of hydrogen-bond donors (Lipinski definition) is 0. The van der Waals surface area contributed by atoms with Crippen LogP contribution in [-0.2, 0) is 13.0 Å². The quantitative estimate of drug-likeness (QED) is 0.634. The number of carbonyl (C=O) groups is 1. The van der Waals surface area contributed by atoms with E-state index in [0.717, 1.165) is 32.2 Å². The zero-order chi connectivity index (χ0) is 20.1. The van der Waals surface area contributed by atoms with Gasteiger partial charge in [0.25, 0.3) is 5.91 Å². The summed E-state index contributed by atoms with van der Waals surface area (Å²) in [6, 6.07) is 19.0. The number of likely N-dealkylation sites (tertiary alicyclic amines) is 1. The summed E-state index contributed by atoms with van der Waals surface area (Å²) < 4.78 is 1.76. The van der Waals surface area contributed by atoms with Gasteiger partial charge in [-0.15, -0.1) is 5.10 Å². The maximum Gasteiger partial charge on any atom is 0.276 e. The molecule has 0 spiro atoms. The Hall–Kier alpha value is -2.95. The van der Waals surface area contributed by atoms with E-state index in [-0.39, 0.29) is 11.9 Å². The molecule has 0 bridgehead atoms. The van der Waals surface area contributed by atoms with E-state index in [1.165, 1.54) is 23.1 Å². The van der Waals surface area contributed by atoms with Crippen LogP contribution in [0.2, 0.25) is 0 Å². The number of aryl methyl sites for hydroxylation is 2. The second kappa shape index (κ2) is 9.03. The zero-order valence-electron chi connectivity index (χ0n) is 17.0. The van der Waals surface area contributed by atoms with Gasteiger partial charge in [0, 0.05) is 12.6 Å². The Morgan fingerprint density at radius 2 is 1.86 bits per heavy atom. The van der Waals surface area contributed by atoms with Gasteiger partial charge in [-0.3, -0.25) is 4.79 Å². The van der Waals surface area contributed by atoms with Crippen molar-refractivity contribution in [1.29, 1.82) is 0 Å². The largest absolute Gasteiger partial charge is 0.334 e. The predicted molar refractivity (Wildman–Crippen MR) is 114 cm³/mol. The zero-order valence-corrected chi connectivity index (χ0v) is 17.0. The van der Waals surface area contributed by atoms with Gasteiger partial charge in [0.2, 0.25) is 0 Å². The molecule has 0 aliphatic carbocycles. The molecule has 1 aliphatic heterocycles. The van der Waals surface area contributed by atoms with Crippen LogP contribution in [0.15, 0.2) is 60.8 Å². The van der Waals surface area contributed by atoms with Crippen LogP contribution in [0.25, 0.3) is 0 Å². The third-order valence-corrected chi connectivity index (χ3v) is 5.85. The second-order valence-corrected chi connectivity index (χ2v) is 7.90. The van der Waals surface area contributed by atoms with Crippen molar-refractivity contribution >= 4 is 5.91 Å². The predicted octanol–water partition coefficient (Wildman–Crippen LogP) is 4.26. The molecule has 2 aromatic carbocycles. The number of aromatic nitrogens is 3. The van der Waals surface area contributed by atoms with Gasteiger partial charge in [-0.05, 0) is 55.7 Å². The number of amides is 1. The average molecular weight is 389 g/mol. The number of nitrogens with zero attached hydrogens (tertiary/aromatic N) is 4. The molecule has 0 saturated carbocycles. The summed E-state index contributed by atoms with van der Waals surface area (Å²) >= 11 is 0. The lowest BCUT2D eigenvalue weighted by molar-refractivity contribution is 0.0595. The fourth-order valence-electron chi connectivity index (χ4n) is 4.13. The van der Waals surface area contributed by atoms with Crippen molar-refractivity contribution in [2.75, 3.05) is 6.54 Å². The molecule has 5 nitrogen and oxygen atoms in total. The SMILES string of the molecule is Cc1ccccc1Cn1cc(C(=O)N2CCCC[C@H]2CCc2ccccc2)nn1. The lowest BCUT2D eigenvalue weighted by Gasteiger charge is -2.35. The van der Waals surface area contributed by atoms with Gasteiger partial charge in [-0.25, -0.2) is 4.68 Å². The summed E-state index contributed by atoms with van der Waals surface area (Å²) in [5.41, 5.74) is 4.18. The van der Waals surface area contributed by atoms with Crippen molar-refractivity contribution in [3.05, 3.63) is 83.2 Å². The normalized spacial score (nSPS) is 16.7. The first kappa shape index (κ1) is 19.4. The van der Waals surface area contributed by atoms with Crippen LogP contribution in [-0.4, -0.2) is 38.4 Å². The minimum Gasteiger partial charge on any atom is -0.334 e. The smallest absolute Gasteiger partial charge is 0.276 e. The molecule has 1 saturated heterocycles. The third-order valence-electron chi connectivity index (χ3n) is 5.85. The fraction of sp³-hybridized carbons (Fsp3) is 0.375. The molecular weight excluding hydrogens is 360 g/mol. The fourth-order valence-corrected chi connectivity index (χ4v) is 4.13. The first-order valence-electron chi connectivity index (χ1n) is 10.5. The molecule has 0 radical (unpaired) electrons. The molecule has 2 heterocycles. The standard InChI is InChI=1S/C24H28N4O/c1-19-9-5-6-12-21(19)17-27-18-23(25-26-27)24(29)28-16-8-7-13-22(28)15-14-20-10-3-2-4-11-20/h2-6,9-12,18,22H,7-8,13-17H2,1H3/t22-/m0/s1. The Morgan fingerprint density at radius 1 is 1.07 bits per heavy atom. The van der Waals surface area contributed by atoms with E-state index in [9.17, 15) is 4.79 Å². The van der Waals surface area contributed by atoms with Crippen molar-refractivity contribution in [2.45, 2.75) is 51.6 Å². The monoisotopic (exact) mass is 388 g/mol. The van der Waals surface area contributed by atoms with E-state index < -0.39 is 0 Å². The number of rotatable bonds is 6. The van der Waals surface area contributed by atoms with Crippen molar-refractivity contribution in [2.24, 2.45) is 0 Å². The van der Waals surface area contributed by atoms with E-state index in [2.05, 4.69) is 53.6 Å². The van der Waals surface area contributed by atoms with Crippen molar-refractivity contribution in [3.63, 3.8) is 0 Å². The molecule has 1 amide bonds. The highest BCUT2D eigenvalue weighted by molar-refractivity contribution is 5.92. The molecule has 150 valence electrons. The Bertz CT molecular complexity index is 950. The van der Waals surface area contributed by atoms with E-state index in [0.29, 0.717) is 12.2 Å². The molecule has 1 atom stereocenters. The maximum absolute atomic E-state index is 13.2. The number of hydrogen-bond acceptors (Lipinski definition) is 3. The second-order valence-electron chi connectivity index (χ2n) is 7.90. The molecule has 4 rings (SSSR count). The van der Waals surface area contributed by atoms with E-state index in [4.69, 9.17) is 0 Å². The van der Waals surface area contributed by atoms with Crippen LogP contribution < -0.4 is 0 Å². The van der Waals surface area contributed by atoms with Crippen molar-refractivity contribution in [1.82, 2.24) is 19.9 Å². The molecule has 1 fully saturated rings. The minimum absolute atomic E-state index is 0.0128. The maximum atomic E-state index is 13.2. The van der Waals surface area contributed by atoms with Crippen LogP contribution in [0.4, 0.5) is 0 Å². The summed E-state index contributed by atoms with van der Waals surface area (Å²) in [6.45, 7) is 3.52. The summed E-state index contributed by atoms with van der Waals surface area (Å²) in [4.78, 5) is 15.2. The van der Waals surface area contributed by atoms with Crippen molar-refractivity contribution < 1.29 is 4.79 Å². The Morgan fingerprint density at radius 3 is 2.69 bits per heavy atom. The number of carbonyl (C=O) groups excluding carboxylic acids is 1. The first-order valence-corrected chi connectivity index (χ1v) is 10.5. The van der Waals surface area contributed by atoms with Crippen LogP contribution in [0.3, 0.4) is 0 Å². The van der Waals surface area contributed by atoms with Gasteiger partial charge in [-0.1, -0.05) is 59.8 Å². The van der Waals surface area contributed by atoms with E-state index >= 15 is 0 Å². The molecule has 5 heteroatoms. The Balaban J connectivity index is 1.43. The van der Waals surface area contributed by atoms with Crippen LogP contribution in [0.1, 0.15) is 52.9 Å². The summed E-state index contributed by atoms with van der Waals surface area (Å²) in [5.74, 6) is 0.0128. The average Bonchev–Trinajstić information content (AvgIpc) is 3.23. The van der Waals surface area contributed by atoms with Gasteiger partial charge < -0.3 is 4.90 Å². The summed E-state index contributed by atoms with van der Waals surface area (Å²) in [5, 5.41) is 8.40. The Labute approximate surface area is 172 Å². The Kier molecular flexibility index (Phi) is 6.03. The summed E-state index contributed by atoms with van der Waals surface area (Å²) in [7, 11) is 0. The van der Waals surface area contributed by atoms with Gasteiger partial charge in [0.05, 0.1) is 12.7 Å². The van der Waals surface area contributed by atoms with E-state index in [1.807, 2.05) is 23.1 Å². The highest BCUT2D eigenvalue weighted by Crippen LogP contribution is 2.23. The van der Waals surface area contributed by atoms with E-state index in [1.54, 1.807) is 10.9 Å².